The lowest BCUT2D eigenvalue weighted by Gasteiger charge is -2.17. The van der Waals surface area contributed by atoms with Gasteiger partial charge in [-0.2, -0.15) is 0 Å². The van der Waals surface area contributed by atoms with Crippen molar-refractivity contribution in [2.75, 3.05) is 6.79 Å². The summed E-state index contributed by atoms with van der Waals surface area (Å²) < 4.78 is 10.6. The van der Waals surface area contributed by atoms with E-state index in [1.165, 1.54) is 11.1 Å². The largest absolute Gasteiger partial charge is 0.454 e. The third kappa shape index (κ3) is 2.77. The molecule has 0 spiro atoms. The lowest BCUT2D eigenvalue weighted by Crippen LogP contribution is -2.27. The Morgan fingerprint density at radius 2 is 1.86 bits per heavy atom. The first-order valence-electron chi connectivity index (χ1n) is 7.32. The molecule has 1 N–H and O–H groups in total. The number of ether oxygens (including phenoxy) is 2. The number of carbonyl (C=O) groups is 1. The van der Waals surface area contributed by atoms with E-state index in [0.29, 0.717) is 17.1 Å². The fourth-order valence-corrected chi connectivity index (χ4v) is 2.62. The topological polar surface area (TPSA) is 47.6 Å². The average Bonchev–Trinajstić information content (AvgIpc) is 2.97. The van der Waals surface area contributed by atoms with Crippen molar-refractivity contribution in [1.29, 1.82) is 0 Å². The second-order valence-corrected chi connectivity index (χ2v) is 5.62. The Balaban J connectivity index is 1.77. The second kappa shape index (κ2) is 5.72. The zero-order valence-corrected chi connectivity index (χ0v) is 13.0. The molecule has 3 rings (SSSR count). The molecule has 0 aromatic heterocycles. The molecule has 2 aromatic carbocycles. The fraction of sp³-hybridized carbons (Fsp3) is 0.278. The Morgan fingerprint density at radius 1 is 1.09 bits per heavy atom. The van der Waals surface area contributed by atoms with E-state index in [1.54, 1.807) is 18.2 Å². The van der Waals surface area contributed by atoms with Gasteiger partial charge < -0.3 is 14.8 Å². The third-order valence-electron chi connectivity index (χ3n) is 3.88. The lowest BCUT2D eigenvalue weighted by molar-refractivity contribution is 0.0939. The van der Waals surface area contributed by atoms with Crippen molar-refractivity contribution in [2.24, 2.45) is 0 Å². The van der Waals surface area contributed by atoms with Gasteiger partial charge in [-0.05, 0) is 50.1 Å². The summed E-state index contributed by atoms with van der Waals surface area (Å²) in [5.41, 5.74) is 4.06. The van der Waals surface area contributed by atoms with E-state index in [0.717, 1.165) is 5.56 Å². The van der Waals surface area contributed by atoms with Gasteiger partial charge in [-0.3, -0.25) is 4.79 Å². The molecule has 0 radical (unpaired) electrons. The van der Waals surface area contributed by atoms with Crippen LogP contribution in [0.1, 0.15) is 40.0 Å². The minimum Gasteiger partial charge on any atom is -0.454 e. The number of fused-ring (bicyclic) bond motifs is 1. The van der Waals surface area contributed by atoms with Gasteiger partial charge in [0.2, 0.25) is 6.79 Å². The number of amides is 1. The minimum atomic E-state index is -0.119. The molecule has 2 aromatic rings. The Morgan fingerprint density at radius 3 is 2.68 bits per heavy atom. The molecule has 114 valence electrons. The van der Waals surface area contributed by atoms with Crippen LogP contribution in [0, 0.1) is 13.8 Å². The Hall–Kier alpha value is -2.49. The summed E-state index contributed by atoms with van der Waals surface area (Å²) >= 11 is 0. The molecule has 4 nitrogen and oxygen atoms in total. The van der Waals surface area contributed by atoms with E-state index >= 15 is 0 Å². The first-order chi connectivity index (χ1) is 10.5. The van der Waals surface area contributed by atoms with Gasteiger partial charge in [0.05, 0.1) is 6.04 Å². The quantitative estimate of drug-likeness (QED) is 0.943. The van der Waals surface area contributed by atoms with Crippen LogP contribution in [0.5, 0.6) is 11.5 Å². The van der Waals surface area contributed by atoms with Gasteiger partial charge in [-0.25, -0.2) is 0 Å². The predicted molar refractivity (Wildman–Crippen MR) is 84.4 cm³/mol. The van der Waals surface area contributed by atoms with Gasteiger partial charge in [-0.15, -0.1) is 0 Å². The van der Waals surface area contributed by atoms with Crippen LogP contribution in [0.2, 0.25) is 0 Å². The summed E-state index contributed by atoms with van der Waals surface area (Å²) in [6.07, 6.45) is 0. The molecule has 4 heteroatoms. The normalized spacial score (nSPS) is 13.8. The number of hydrogen-bond donors (Lipinski definition) is 1. The van der Waals surface area contributed by atoms with E-state index in [-0.39, 0.29) is 18.7 Å². The maximum absolute atomic E-state index is 12.4. The van der Waals surface area contributed by atoms with E-state index in [9.17, 15) is 4.79 Å². The molecular weight excluding hydrogens is 278 g/mol. The van der Waals surface area contributed by atoms with E-state index < -0.39 is 0 Å². The van der Waals surface area contributed by atoms with Crippen molar-refractivity contribution in [3.8, 4) is 11.5 Å². The lowest BCUT2D eigenvalue weighted by atomic mass is 9.99. The molecule has 1 heterocycles. The van der Waals surface area contributed by atoms with Gasteiger partial charge in [0.15, 0.2) is 11.5 Å². The number of hydrogen-bond acceptors (Lipinski definition) is 3. The summed E-state index contributed by atoms with van der Waals surface area (Å²) in [7, 11) is 0. The summed E-state index contributed by atoms with van der Waals surface area (Å²) in [5, 5.41) is 3.04. The van der Waals surface area contributed by atoms with Gasteiger partial charge in [0.1, 0.15) is 0 Å². The molecule has 1 aliphatic rings. The van der Waals surface area contributed by atoms with E-state index in [1.807, 2.05) is 6.92 Å². The SMILES string of the molecule is Cc1ccc(C)c([C@H](C)NC(=O)c2ccc3c(c2)OCO3)c1. The van der Waals surface area contributed by atoms with Crippen LogP contribution in [0.4, 0.5) is 0 Å². The van der Waals surface area contributed by atoms with Crippen LogP contribution >= 0.6 is 0 Å². The molecular formula is C18H19NO3. The van der Waals surface area contributed by atoms with Crippen molar-refractivity contribution in [3.63, 3.8) is 0 Å². The minimum absolute atomic E-state index is 0.0576. The van der Waals surface area contributed by atoms with Crippen LogP contribution < -0.4 is 14.8 Å². The van der Waals surface area contributed by atoms with E-state index in [2.05, 4.69) is 37.4 Å². The highest BCUT2D eigenvalue weighted by Gasteiger charge is 2.18. The van der Waals surface area contributed by atoms with Crippen LogP contribution in [0.25, 0.3) is 0 Å². The smallest absolute Gasteiger partial charge is 0.251 e. The number of carbonyl (C=O) groups excluding carboxylic acids is 1. The van der Waals surface area contributed by atoms with Crippen LogP contribution in [0.15, 0.2) is 36.4 Å². The molecule has 1 atom stereocenters. The molecule has 0 unspecified atom stereocenters. The molecule has 0 aliphatic carbocycles. The standard InChI is InChI=1S/C18H19NO3/c1-11-4-5-12(2)15(8-11)13(3)19-18(20)14-6-7-16-17(9-14)22-10-21-16/h4-9,13H,10H2,1-3H3,(H,19,20)/t13-/m0/s1. The summed E-state index contributed by atoms with van der Waals surface area (Å²) in [5.74, 6) is 1.18. The Kier molecular flexibility index (Phi) is 3.75. The van der Waals surface area contributed by atoms with Crippen LogP contribution in [-0.2, 0) is 0 Å². The van der Waals surface area contributed by atoms with Gasteiger partial charge >= 0.3 is 0 Å². The highest BCUT2D eigenvalue weighted by molar-refractivity contribution is 5.95. The number of aryl methyl sites for hydroxylation is 2. The fourth-order valence-electron chi connectivity index (χ4n) is 2.62. The van der Waals surface area contributed by atoms with Crippen molar-refractivity contribution in [3.05, 3.63) is 58.7 Å². The third-order valence-corrected chi connectivity index (χ3v) is 3.88. The highest BCUT2D eigenvalue weighted by atomic mass is 16.7. The molecule has 1 aliphatic heterocycles. The van der Waals surface area contributed by atoms with Crippen molar-refractivity contribution in [2.45, 2.75) is 26.8 Å². The van der Waals surface area contributed by atoms with Crippen LogP contribution in [0.3, 0.4) is 0 Å². The zero-order chi connectivity index (χ0) is 15.7. The Labute approximate surface area is 130 Å². The monoisotopic (exact) mass is 297 g/mol. The van der Waals surface area contributed by atoms with Crippen molar-refractivity contribution >= 4 is 5.91 Å². The summed E-state index contributed by atoms with van der Waals surface area (Å²) in [6.45, 7) is 6.30. The van der Waals surface area contributed by atoms with Gasteiger partial charge in [0, 0.05) is 5.56 Å². The highest BCUT2D eigenvalue weighted by Crippen LogP contribution is 2.32. The summed E-state index contributed by atoms with van der Waals surface area (Å²) in [6, 6.07) is 11.4. The number of rotatable bonds is 3. The molecule has 0 bridgehead atoms. The first kappa shape index (κ1) is 14.4. The van der Waals surface area contributed by atoms with Gasteiger partial charge in [-0.1, -0.05) is 23.8 Å². The molecule has 0 saturated heterocycles. The number of benzene rings is 2. The van der Waals surface area contributed by atoms with E-state index in [4.69, 9.17) is 9.47 Å². The zero-order valence-electron chi connectivity index (χ0n) is 13.0. The predicted octanol–water partition coefficient (Wildman–Crippen LogP) is 3.52. The summed E-state index contributed by atoms with van der Waals surface area (Å²) in [4.78, 5) is 12.4. The van der Waals surface area contributed by atoms with Gasteiger partial charge in [0.25, 0.3) is 5.91 Å². The average molecular weight is 297 g/mol. The second-order valence-electron chi connectivity index (χ2n) is 5.62. The molecule has 1 amide bonds. The maximum Gasteiger partial charge on any atom is 0.251 e. The van der Waals surface area contributed by atoms with Crippen molar-refractivity contribution < 1.29 is 14.3 Å². The Bertz CT molecular complexity index is 724. The molecule has 0 fully saturated rings. The van der Waals surface area contributed by atoms with Crippen molar-refractivity contribution in [1.82, 2.24) is 5.32 Å². The maximum atomic E-state index is 12.4. The molecule has 22 heavy (non-hydrogen) atoms. The first-order valence-corrected chi connectivity index (χ1v) is 7.32. The number of nitrogens with one attached hydrogen (secondary N) is 1. The van der Waals surface area contributed by atoms with Crippen LogP contribution in [-0.4, -0.2) is 12.7 Å². The molecule has 0 saturated carbocycles.